The van der Waals surface area contributed by atoms with Crippen LogP contribution in [0.5, 0.6) is 5.75 Å². The summed E-state index contributed by atoms with van der Waals surface area (Å²) in [6.45, 7) is 4.78. The lowest BCUT2D eigenvalue weighted by Gasteiger charge is -2.29. The Kier molecular flexibility index (Phi) is 6.24. The Morgan fingerprint density at radius 2 is 2.10 bits per heavy atom. The highest BCUT2D eigenvalue weighted by Crippen LogP contribution is 2.32. The maximum atomic E-state index is 12.6. The van der Waals surface area contributed by atoms with E-state index in [0.29, 0.717) is 0 Å². The minimum atomic E-state index is -0.219. The highest BCUT2D eigenvalue weighted by Gasteiger charge is 2.22. The fraction of sp³-hybridized carbons (Fsp3) is 0.556. The topological polar surface area (TPSA) is 18.5 Å². The molecule has 1 aliphatic rings. The maximum absolute atomic E-state index is 12.6. The summed E-state index contributed by atoms with van der Waals surface area (Å²) in [6.07, 6.45) is 6.47. The van der Waals surface area contributed by atoms with Gasteiger partial charge in [0.1, 0.15) is 12.4 Å². The van der Waals surface area contributed by atoms with Gasteiger partial charge < -0.3 is 9.47 Å². The average Bonchev–Trinajstić information content (AvgIpc) is 2.49. The van der Waals surface area contributed by atoms with Gasteiger partial charge in [0, 0.05) is 0 Å². The minimum absolute atomic E-state index is 0.208. The summed E-state index contributed by atoms with van der Waals surface area (Å²) in [6, 6.07) is 7.95. The molecule has 0 saturated carbocycles. The van der Waals surface area contributed by atoms with E-state index < -0.39 is 0 Å². The SMILES string of the molecule is CCCC1CCC(c2ccc(OC/C=C(/C)F)cc2)OC1. The molecule has 1 aromatic carbocycles. The second-order valence-electron chi connectivity index (χ2n) is 5.72. The van der Waals surface area contributed by atoms with Crippen molar-refractivity contribution >= 4 is 0 Å². The summed E-state index contributed by atoms with van der Waals surface area (Å²) in [5.74, 6) is 1.27. The molecule has 0 aromatic heterocycles. The van der Waals surface area contributed by atoms with Crippen molar-refractivity contribution in [1.82, 2.24) is 0 Å². The van der Waals surface area contributed by atoms with Gasteiger partial charge in [-0.05, 0) is 55.9 Å². The van der Waals surface area contributed by atoms with Crippen LogP contribution in [0.2, 0.25) is 0 Å². The number of hydrogen-bond donors (Lipinski definition) is 0. The number of rotatable bonds is 6. The van der Waals surface area contributed by atoms with Gasteiger partial charge in [-0.3, -0.25) is 0 Å². The van der Waals surface area contributed by atoms with Crippen molar-refractivity contribution in [3.8, 4) is 5.75 Å². The van der Waals surface area contributed by atoms with Gasteiger partial charge >= 0.3 is 0 Å². The zero-order valence-electron chi connectivity index (χ0n) is 13.0. The monoisotopic (exact) mass is 292 g/mol. The zero-order chi connectivity index (χ0) is 15.1. The van der Waals surface area contributed by atoms with Crippen LogP contribution in [0.4, 0.5) is 4.39 Å². The smallest absolute Gasteiger partial charge is 0.119 e. The third kappa shape index (κ3) is 5.16. The summed E-state index contributed by atoms with van der Waals surface area (Å²) in [7, 11) is 0. The van der Waals surface area contributed by atoms with Gasteiger partial charge in [0.25, 0.3) is 0 Å². The fourth-order valence-corrected chi connectivity index (χ4v) is 2.74. The highest BCUT2D eigenvalue weighted by atomic mass is 19.1. The maximum Gasteiger partial charge on any atom is 0.119 e. The van der Waals surface area contributed by atoms with E-state index in [2.05, 4.69) is 6.92 Å². The third-order valence-electron chi connectivity index (χ3n) is 3.93. The lowest BCUT2D eigenvalue weighted by Crippen LogP contribution is -2.20. The molecule has 0 radical (unpaired) electrons. The molecule has 1 fully saturated rings. The fourth-order valence-electron chi connectivity index (χ4n) is 2.74. The molecule has 1 saturated heterocycles. The van der Waals surface area contributed by atoms with Crippen molar-refractivity contribution in [3.63, 3.8) is 0 Å². The van der Waals surface area contributed by atoms with Gasteiger partial charge in [0.05, 0.1) is 18.5 Å². The number of hydrogen-bond acceptors (Lipinski definition) is 2. The Bertz CT molecular complexity index is 441. The first-order valence-electron chi connectivity index (χ1n) is 7.85. The molecule has 1 aromatic rings. The van der Waals surface area contributed by atoms with Crippen molar-refractivity contribution in [2.45, 2.75) is 45.6 Å². The quantitative estimate of drug-likeness (QED) is 0.717. The Balaban J connectivity index is 1.84. The van der Waals surface area contributed by atoms with E-state index in [1.165, 1.54) is 37.8 Å². The molecule has 2 atom stereocenters. The van der Waals surface area contributed by atoms with Crippen LogP contribution in [-0.4, -0.2) is 13.2 Å². The number of benzene rings is 1. The van der Waals surface area contributed by atoms with Crippen molar-refractivity contribution in [2.24, 2.45) is 5.92 Å². The molecule has 0 bridgehead atoms. The van der Waals surface area contributed by atoms with Crippen molar-refractivity contribution < 1.29 is 13.9 Å². The number of ether oxygens (including phenoxy) is 2. The first-order chi connectivity index (χ1) is 10.2. The zero-order valence-corrected chi connectivity index (χ0v) is 13.0. The molecule has 21 heavy (non-hydrogen) atoms. The van der Waals surface area contributed by atoms with Gasteiger partial charge in [-0.15, -0.1) is 0 Å². The molecular formula is C18H25FO2. The molecule has 2 unspecified atom stereocenters. The molecule has 116 valence electrons. The number of halogens is 1. The molecule has 3 heteroatoms. The number of allylic oxidation sites excluding steroid dienone is 1. The van der Waals surface area contributed by atoms with Crippen LogP contribution in [0.3, 0.4) is 0 Å². The van der Waals surface area contributed by atoms with E-state index in [0.717, 1.165) is 24.7 Å². The largest absolute Gasteiger partial charge is 0.489 e. The summed E-state index contributed by atoms with van der Waals surface area (Å²) >= 11 is 0. The molecule has 0 amide bonds. The van der Waals surface area contributed by atoms with Gasteiger partial charge in [-0.25, -0.2) is 4.39 Å². The van der Waals surface area contributed by atoms with E-state index in [1.54, 1.807) is 0 Å². The second-order valence-corrected chi connectivity index (χ2v) is 5.72. The standard InChI is InChI=1S/C18H25FO2/c1-3-4-15-5-10-18(21-13-15)16-6-8-17(9-7-16)20-12-11-14(2)19/h6-9,11,15,18H,3-5,10,12-13H2,1-2H3/b14-11-. The van der Waals surface area contributed by atoms with Crippen LogP contribution < -0.4 is 4.74 Å². The first kappa shape index (κ1) is 16.0. The van der Waals surface area contributed by atoms with Crippen LogP contribution in [0, 0.1) is 5.92 Å². The normalized spacial score (nSPS) is 23.1. The van der Waals surface area contributed by atoms with Gasteiger partial charge in [0.15, 0.2) is 0 Å². The molecule has 1 aliphatic heterocycles. The Morgan fingerprint density at radius 1 is 1.33 bits per heavy atom. The lowest BCUT2D eigenvalue weighted by atomic mass is 9.92. The molecule has 2 rings (SSSR count). The van der Waals surface area contributed by atoms with Crippen molar-refractivity contribution in [1.29, 1.82) is 0 Å². The first-order valence-corrected chi connectivity index (χ1v) is 7.85. The van der Waals surface area contributed by atoms with Crippen LogP contribution in [0.1, 0.15) is 51.2 Å². The Hall–Kier alpha value is -1.35. The van der Waals surface area contributed by atoms with Crippen molar-refractivity contribution in [3.05, 3.63) is 41.7 Å². The lowest BCUT2D eigenvalue weighted by molar-refractivity contribution is -0.0194. The molecular weight excluding hydrogens is 267 g/mol. The van der Waals surface area contributed by atoms with E-state index in [1.807, 2.05) is 24.3 Å². The summed E-state index contributed by atoms with van der Waals surface area (Å²) < 4.78 is 24.0. The van der Waals surface area contributed by atoms with Gasteiger partial charge in [0.2, 0.25) is 0 Å². The van der Waals surface area contributed by atoms with E-state index in [4.69, 9.17) is 9.47 Å². The predicted molar refractivity (Wildman–Crippen MR) is 83.1 cm³/mol. The van der Waals surface area contributed by atoms with Crippen LogP contribution in [0.15, 0.2) is 36.2 Å². The molecule has 2 nitrogen and oxygen atoms in total. The minimum Gasteiger partial charge on any atom is -0.489 e. The summed E-state index contributed by atoms with van der Waals surface area (Å²) in [5.41, 5.74) is 1.20. The van der Waals surface area contributed by atoms with E-state index in [-0.39, 0.29) is 18.5 Å². The van der Waals surface area contributed by atoms with E-state index in [9.17, 15) is 4.39 Å². The van der Waals surface area contributed by atoms with Gasteiger partial charge in [-0.1, -0.05) is 25.5 Å². The molecule has 0 spiro atoms. The van der Waals surface area contributed by atoms with Crippen LogP contribution >= 0.6 is 0 Å². The van der Waals surface area contributed by atoms with Crippen LogP contribution in [-0.2, 0) is 4.74 Å². The Labute approximate surface area is 127 Å². The second kappa shape index (κ2) is 8.18. The third-order valence-corrected chi connectivity index (χ3v) is 3.93. The van der Waals surface area contributed by atoms with Crippen molar-refractivity contribution in [2.75, 3.05) is 13.2 Å². The highest BCUT2D eigenvalue weighted by molar-refractivity contribution is 5.29. The van der Waals surface area contributed by atoms with Gasteiger partial charge in [-0.2, -0.15) is 0 Å². The summed E-state index contributed by atoms with van der Waals surface area (Å²) in [5, 5.41) is 0. The van der Waals surface area contributed by atoms with E-state index >= 15 is 0 Å². The summed E-state index contributed by atoms with van der Waals surface area (Å²) in [4.78, 5) is 0. The Morgan fingerprint density at radius 3 is 2.67 bits per heavy atom. The molecule has 1 heterocycles. The predicted octanol–water partition coefficient (Wildman–Crippen LogP) is 5.21. The molecule has 0 aliphatic carbocycles. The molecule has 0 N–H and O–H groups in total. The van der Waals surface area contributed by atoms with Crippen LogP contribution in [0.25, 0.3) is 0 Å². The average molecular weight is 292 g/mol.